The number of primary amides is 2. The molecule has 2 rings (SSSR count). The summed E-state index contributed by atoms with van der Waals surface area (Å²) in [5.41, 5.74) is 9.14. The van der Waals surface area contributed by atoms with Crippen LogP contribution in [0.4, 0.5) is 30.6 Å². The van der Waals surface area contributed by atoms with E-state index in [1.54, 1.807) is 6.92 Å². The number of nitrogens with two attached hydrogens (primary N) is 2. The van der Waals surface area contributed by atoms with E-state index >= 15 is 0 Å². The highest BCUT2D eigenvalue weighted by Crippen LogP contribution is 2.36. The first-order chi connectivity index (χ1) is 13.0. The Morgan fingerprint density at radius 3 is 2.43 bits per heavy atom. The molecule has 1 atom stereocenters. The fourth-order valence-corrected chi connectivity index (χ4v) is 2.42. The van der Waals surface area contributed by atoms with Crippen molar-refractivity contribution in [3.63, 3.8) is 0 Å². The van der Waals surface area contributed by atoms with Crippen molar-refractivity contribution in [3.05, 3.63) is 34.5 Å². The summed E-state index contributed by atoms with van der Waals surface area (Å²) in [6, 6.07) is 2.06. The van der Waals surface area contributed by atoms with Gasteiger partial charge in [0.15, 0.2) is 11.5 Å². The number of carbonyl (C=O) groups excluding carboxylic acids is 2. The molecule has 1 heterocycles. The summed E-state index contributed by atoms with van der Waals surface area (Å²) in [7, 11) is 0. The Balaban J connectivity index is 2.37. The van der Waals surface area contributed by atoms with E-state index < -0.39 is 34.6 Å². The molecular weight excluding hydrogens is 403 g/mol. The first-order valence-corrected chi connectivity index (χ1v) is 8.14. The van der Waals surface area contributed by atoms with Crippen molar-refractivity contribution in [1.82, 2.24) is 15.2 Å². The lowest BCUT2D eigenvalue weighted by Crippen LogP contribution is -2.35. The molecule has 13 heteroatoms. The summed E-state index contributed by atoms with van der Waals surface area (Å²) >= 11 is 5.67. The normalized spacial score (nSPS) is 12.3. The Morgan fingerprint density at radius 1 is 1.25 bits per heavy atom. The third kappa shape index (κ3) is 4.97. The van der Waals surface area contributed by atoms with Gasteiger partial charge >= 0.3 is 6.18 Å². The summed E-state index contributed by atoms with van der Waals surface area (Å²) in [5, 5.41) is 12.0. The number of anilines is 3. The number of halogens is 4. The molecule has 2 aromatic rings. The van der Waals surface area contributed by atoms with Crippen LogP contribution in [0.3, 0.4) is 0 Å². The van der Waals surface area contributed by atoms with Gasteiger partial charge in [0.2, 0.25) is 11.9 Å². The minimum absolute atomic E-state index is 0.0916. The van der Waals surface area contributed by atoms with Crippen molar-refractivity contribution >= 4 is 40.9 Å². The Kier molecular flexibility index (Phi) is 6.23. The molecule has 28 heavy (non-hydrogen) atoms. The monoisotopic (exact) mass is 417 g/mol. The summed E-state index contributed by atoms with van der Waals surface area (Å²) in [6.07, 6.45) is -4.29. The quantitative estimate of drug-likeness (QED) is 0.538. The minimum Gasteiger partial charge on any atom is -0.368 e. The molecule has 0 saturated carbocycles. The second-order valence-corrected chi connectivity index (χ2v) is 5.93. The molecule has 0 unspecified atom stereocenters. The number of nitrogens with one attached hydrogen (secondary N) is 2. The van der Waals surface area contributed by atoms with E-state index in [0.29, 0.717) is 6.42 Å². The maximum Gasteiger partial charge on any atom is 0.417 e. The molecule has 6 N–H and O–H groups in total. The topological polar surface area (TPSA) is 149 Å². The molecule has 0 saturated heterocycles. The van der Waals surface area contributed by atoms with E-state index in [9.17, 15) is 22.8 Å². The van der Waals surface area contributed by atoms with Crippen LogP contribution in [0, 0.1) is 0 Å². The maximum absolute atomic E-state index is 12.8. The molecular formula is C15H15ClF3N7O2. The van der Waals surface area contributed by atoms with Gasteiger partial charge in [0.05, 0.1) is 10.6 Å². The molecule has 0 radical (unpaired) electrons. The smallest absolute Gasteiger partial charge is 0.368 e. The van der Waals surface area contributed by atoms with Crippen LogP contribution in [-0.2, 0) is 11.0 Å². The number of amides is 2. The van der Waals surface area contributed by atoms with Gasteiger partial charge in [-0.05, 0) is 24.6 Å². The van der Waals surface area contributed by atoms with Crippen molar-refractivity contribution in [1.29, 1.82) is 0 Å². The second-order valence-electron chi connectivity index (χ2n) is 5.52. The summed E-state index contributed by atoms with van der Waals surface area (Å²) < 4.78 is 38.4. The van der Waals surface area contributed by atoms with Crippen molar-refractivity contribution in [3.8, 4) is 0 Å². The maximum atomic E-state index is 12.8. The number of hydrogen-bond donors (Lipinski definition) is 4. The number of aromatic nitrogens is 3. The zero-order chi connectivity index (χ0) is 21.1. The number of hydrogen-bond acceptors (Lipinski definition) is 7. The van der Waals surface area contributed by atoms with E-state index in [1.807, 2.05) is 0 Å². The lowest BCUT2D eigenvalue weighted by atomic mass is 10.2. The zero-order valence-electron chi connectivity index (χ0n) is 14.3. The molecule has 150 valence electrons. The van der Waals surface area contributed by atoms with Crippen LogP contribution in [-0.4, -0.2) is 33.0 Å². The molecule has 1 aromatic carbocycles. The molecule has 9 nitrogen and oxygen atoms in total. The summed E-state index contributed by atoms with van der Waals surface area (Å²) in [4.78, 5) is 26.8. The first-order valence-electron chi connectivity index (χ1n) is 7.77. The van der Waals surface area contributed by atoms with Gasteiger partial charge in [-0.15, -0.1) is 10.2 Å². The van der Waals surface area contributed by atoms with Gasteiger partial charge < -0.3 is 22.1 Å². The Morgan fingerprint density at radius 2 is 1.93 bits per heavy atom. The highest BCUT2D eigenvalue weighted by Gasteiger charge is 2.33. The highest BCUT2D eigenvalue weighted by molar-refractivity contribution is 6.31. The number of carbonyl (C=O) groups is 2. The van der Waals surface area contributed by atoms with E-state index in [1.165, 1.54) is 0 Å². The van der Waals surface area contributed by atoms with Crippen molar-refractivity contribution in [2.24, 2.45) is 11.5 Å². The van der Waals surface area contributed by atoms with Gasteiger partial charge in [0.1, 0.15) is 6.04 Å². The van der Waals surface area contributed by atoms with E-state index in [0.717, 1.165) is 18.2 Å². The fraction of sp³-hybridized carbons (Fsp3) is 0.267. The van der Waals surface area contributed by atoms with E-state index in [-0.39, 0.29) is 23.1 Å². The average molecular weight is 418 g/mol. The largest absolute Gasteiger partial charge is 0.417 e. The lowest BCUT2D eigenvalue weighted by molar-refractivity contribution is -0.137. The van der Waals surface area contributed by atoms with Gasteiger partial charge in [0.25, 0.3) is 5.91 Å². The number of alkyl halides is 3. The Bertz CT molecular complexity index is 908. The van der Waals surface area contributed by atoms with Crippen molar-refractivity contribution in [2.75, 3.05) is 10.6 Å². The SMILES string of the molecule is CC[C@@H](Nc1nnc(C(N)=O)c(Nc2ccc(C(F)(F)F)c(Cl)c2)n1)C(N)=O. The van der Waals surface area contributed by atoms with Gasteiger partial charge in [-0.2, -0.15) is 18.2 Å². The molecule has 0 aliphatic rings. The zero-order valence-corrected chi connectivity index (χ0v) is 15.1. The Hall–Kier alpha value is -3.15. The van der Waals surface area contributed by atoms with Crippen LogP contribution in [0.2, 0.25) is 5.02 Å². The summed E-state index contributed by atoms with van der Waals surface area (Å²) in [6.45, 7) is 1.69. The van der Waals surface area contributed by atoms with Crippen LogP contribution in [0.15, 0.2) is 18.2 Å². The third-order valence-corrected chi connectivity index (χ3v) is 3.83. The number of benzene rings is 1. The van der Waals surface area contributed by atoms with Crippen LogP contribution in [0.1, 0.15) is 29.4 Å². The predicted molar refractivity (Wildman–Crippen MR) is 95.0 cm³/mol. The van der Waals surface area contributed by atoms with Crippen LogP contribution >= 0.6 is 11.6 Å². The predicted octanol–water partition coefficient (Wildman–Crippen LogP) is 2.06. The molecule has 0 spiro atoms. The lowest BCUT2D eigenvalue weighted by Gasteiger charge is -2.15. The second kappa shape index (κ2) is 8.25. The molecule has 0 aliphatic heterocycles. The first kappa shape index (κ1) is 21.2. The molecule has 0 fully saturated rings. The van der Waals surface area contributed by atoms with Gasteiger partial charge in [-0.3, -0.25) is 9.59 Å². The Labute approximate surface area is 161 Å². The molecule has 0 aliphatic carbocycles. The van der Waals surface area contributed by atoms with Crippen LogP contribution < -0.4 is 22.1 Å². The van der Waals surface area contributed by atoms with Crippen LogP contribution in [0.25, 0.3) is 0 Å². The average Bonchev–Trinajstić information content (AvgIpc) is 2.58. The van der Waals surface area contributed by atoms with Crippen LogP contribution in [0.5, 0.6) is 0 Å². The molecule has 1 aromatic heterocycles. The molecule has 0 bridgehead atoms. The standard InChI is InChI=1S/C15H15ClF3N7O2/c1-2-9(11(20)27)23-14-24-13(10(12(21)28)25-26-14)22-6-3-4-7(8(16)5-6)15(17,18)19/h3-5,9H,2H2,1H3,(H2,20,27)(H2,21,28)(H2,22,23,24,26)/t9-/m1/s1. The fourth-order valence-electron chi connectivity index (χ4n) is 2.13. The van der Waals surface area contributed by atoms with Gasteiger partial charge in [-0.1, -0.05) is 18.5 Å². The summed E-state index contributed by atoms with van der Waals surface area (Å²) in [5.74, 6) is -1.97. The minimum atomic E-state index is -4.62. The molecule has 2 amide bonds. The van der Waals surface area contributed by atoms with Gasteiger partial charge in [0, 0.05) is 5.69 Å². The van der Waals surface area contributed by atoms with Gasteiger partial charge in [-0.25, -0.2) is 0 Å². The van der Waals surface area contributed by atoms with E-state index in [4.69, 9.17) is 23.1 Å². The number of rotatable bonds is 7. The van der Waals surface area contributed by atoms with Crippen molar-refractivity contribution in [2.45, 2.75) is 25.6 Å². The van der Waals surface area contributed by atoms with Crippen molar-refractivity contribution < 1.29 is 22.8 Å². The highest BCUT2D eigenvalue weighted by atomic mass is 35.5. The van der Waals surface area contributed by atoms with E-state index in [2.05, 4.69) is 25.8 Å². The number of nitrogens with zero attached hydrogens (tertiary/aromatic N) is 3. The third-order valence-electron chi connectivity index (χ3n) is 3.51.